The van der Waals surface area contributed by atoms with Gasteiger partial charge in [-0.1, -0.05) is 31.4 Å². The Bertz CT molecular complexity index is 126. The number of methoxy groups -OCH3 is 1. The maximum atomic E-state index is 7.00. The summed E-state index contributed by atoms with van der Waals surface area (Å²) in [6, 6.07) is 0. The lowest BCUT2D eigenvalue weighted by Crippen LogP contribution is -1.89. The van der Waals surface area contributed by atoms with Crippen LogP contribution in [0.3, 0.4) is 0 Å². The standard InChI is InChI=1S/C8H12O.CH4O/c1-4-6-8(5-2)7-9-3;1-2/h4-6H,1-2,7H2,3H3;2H,1H3/b8-6+;. The van der Waals surface area contributed by atoms with Crippen LogP contribution in [0.25, 0.3) is 0 Å². The largest absolute Gasteiger partial charge is 0.400 e. The molecule has 11 heavy (non-hydrogen) atoms. The molecule has 0 radical (unpaired) electrons. The molecule has 0 unspecified atom stereocenters. The fraction of sp³-hybridized carbons (Fsp3) is 0.333. The van der Waals surface area contributed by atoms with E-state index in [1.54, 1.807) is 19.3 Å². The molecule has 0 rings (SSSR count). The van der Waals surface area contributed by atoms with Crippen molar-refractivity contribution in [1.82, 2.24) is 0 Å². The first-order chi connectivity index (χ1) is 5.35. The molecule has 0 fully saturated rings. The Morgan fingerprint density at radius 3 is 2.27 bits per heavy atom. The summed E-state index contributed by atoms with van der Waals surface area (Å²) in [6.07, 6.45) is 5.34. The van der Waals surface area contributed by atoms with E-state index >= 15 is 0 Å². The van der Waals surface area contributed by atoms with Gasteiger partial charge in [0, 0.05) is 14.2 Å². The molecule has 0 aliphatic rings. The average Bonchev–Trinajstić information content (AvgIpc) is 2.08. The van der Waals surface area contributed by atoms with Gasteiger partial charge in [-0.2, -0.15) is 0 Å². The zero-order valence-electron chi connectivity index (χ0n) is 7.21. The predicted octanol–water partition coefficient (Wildman–Crippen LogP) is 1.54. The van der Waals surface area contributed by atoms with Crippen LogP contribution in [0, 0.1) is 0 Å². The van der Waals surface area contributed by atoms with Crippen LogP contribution in [0.5, 0.6) is 0 Å². The molecule has 0 saturated heterocycles. The lowest BCUT2D eigenvalue weighted by atomic mass is 10.2. The molecular formula is C9H16O2. The topological polar surface area (TPSA) is 29.5 Å². The third-order valence-electron chi connectivity index (χ3n) is 0.905. The number of aliphatic hydroxyl groups excluding tert-OH is 1. The van der Waals surface area contributed by atoms with E-state index < -0.39 is 0 Å². The first-order valence-electron chi connectivity index (χ1n) is 3.22. The van der Waals surface area contributed by atoms with Crippen LogP contribution in [-0.2, 0) is 4.74 Å². The van der Waals surface area contributed by atoms with Crippen LogP contribution in [0.4, 0.5) is 0 Å². The second-order valence-electron chi connectivity index (χ2n) is 1.61. The highest BCUT2D eigenvalue weighted by molar-refractivity contribution is 5.21. The van der Waals surface area contributed by atoms with Crippen molar-refractivity contribution in [2.45, 2.75) is 0 Å². The van der Waals surface area contributed by atoms with E-state index in [0.717, 1.165) is 12.7 Å². The third kappa shape index (κ3) is 9.14. The fourth-order valence-electron chi connectivity index (χ4n) is 0.493. The van der Waals surface area contributed by atoms with Crippen LogP contribution >= 0.6 is 0 Å². The van der Waals surface area contributed by atoms with Crippen molar-refractivity contribution in [1.29, 1.82) is 0 Å². The number of ether oxygens (including phenoxy) is 1. The number of allylic oxidation sites excluding steroid dienone is 2. The molecule has 64 valence electrons. The number of aliphatic hydroxyl groups is 1. The Morgan fingerprint density at radius 1 is 1.45 bits per heavy atom. The van der Waals surface area contributed by atoms with Gasteiger partial charge < -0.3 is 9.84 Å². The molecule has 1 N–H and O–H groups in total. The smallest absolute Gasteiger partial charge is 0.0712 e. The van der Waals surface area contributed by atoms with Crippen LogP contribution in [-0.4, -0.2) is 25.9 Å². The minimum Gasteiger partial charge on any atom is -0.400 e. The first-order valence-corrected chi connectivity index (χ1v) is 3.22. The summed E-state index contributed by atoms with van der Waals surface area (Å²) in [5, 5.41) is 7.00. The highest BCUT2D eigenvalue weighted by Crippen LogP contribution is 1.94. The van der Waals surface area contributed by atoms with E-state index in [9.17, 15) is 0 Å². The van der Waals surface area contributed by atoms with Crippen LogP contribution < -0.4 is 0 Å². The van der Waals surface area contributed by atoms with Gasteiger partial charge in [-0.15, -0.1) is 0 Å². The molecule has 2 nitrogen and oxygen atoms in total. The fourth-order valence-corrected chi connectivity index (χ4v) is 0.493. The van der Waals surface area contributed by atoms with E-state index in [1.807, 2.05) is 6.08 Å². The van der Waals surface area contributed by atoms with Gasteiger partial charge in [0.2, 0.25) is 0 Å². The highest BCUT2D eigenvalue weighted by Gasteiger charge is 1.84. The van der Waals surface area contributed by atoms with Crippen LogP contribution in [0.15, 0.2) is 37.0 Å². The molecule has 0 aliphatic heterocycles. The van der Waals surface area contributed by atoms with Gasteiger partial charge in [0.15, 0.2) is 0 Å². The molecule has 0 aromatic carbocycles. The summed E-state index contributed by atoms with van der Waals surface area (Å²) in [5.41, 5.74) is 1.05. The summed E-state index contributed by atoms with van der Waals surface area (Å²) in [5.74, 6) is 0. The van der Waals surface area contributed by atoms with Crippen molar-refractivity contribution in [2.24, 2.45) is 0 Å². The maximum absolute atomic E-state index is 7.00. The minimum absolute atomic E-state index is 0.607. The van der Waals surface area contributed by atoms with Gasteiger partial charge in [-0.3, -0.25) is 0 Å². The second kappa shape index (κ2) is 11.9. The van der Waals surface area contributed by atoms with Gasteiger partial charge in [0.1, 0.15) is 0 Å². The summed E-state index contributed by atoms with van der Waals surface area (Å²) in [4.78, 5) is 0. The molecule has 0 aromatic rings. The van der Waals surface area contributed by atoms with Gasteiger partial charge in [-0.05, 0) is 5.57 Å². The van der Waals surface area contributed by atoms with Crippen LogP contribution in [0.2, 0.25) is 0 Å². The van der Waals surface area contributed by atoms with Gasteiger partial charge >= 0.3 is 0 Å². The molecule has 0 bridgehead atoms. The molecule has 0 aromatic heterocycles. The summed E-state index contributed by atoms with van der Waals surface area (Å²) in [6.45, 7) is 7.76. The van der Waals surface area contributed by atoms with Crippen molar-refractivity contribution in [3.63, 3.8) is 0 Å². The molecule has 0 amide bonds. The van der Waals surface area contributed by atoms with E-state index in [1.165, 1.54) is 0 Å². The molecular weight excluding hydrogens is 140 g/mol. The molecule has 0 heterocycles. The Balaban J connectivity index is 0. The maximum Gasteiger partial charge on any atom is 0.0712 e. The number of rotatable bonds is 4. The number of hydrogen-bond donors (Lipinski definition) is 1. The monoisotopic (exact) mass is 156 g/mol. The molecule has 0 spiro atoms. The van der Waals surface area contributed by atoms with Crippen molar-refractivity contribution in [3.8, 4) is 0 Å². The SMILES string of the molecule is C=C/C=C(\C=C)COC.CO. The average molecular weight is 156 g/mol. The van der Waals surface area contributed by atoms with Crippen molar-refractivity contribution < 1.29 is 9.84 Å². The Hall–Kier alpha value is -0.860. The molecule has 0 atom stereocenters. The van der Waals surface area contributed by atoms with Gasteiger partial charge in [0.25, 0.3) is 0 Å². The quantitative estimate of drug-likeness (QED) is 0.626. The Kier molecular flexibility index (Phi) is 13.8. The highest BCUT2D eigenvalue weighted by atomic mass is 16.5. The summed E-state index contributed by atoms with van der Waals surface area (Å²) >= 11 is 0. The molecule has 2 heteroatoms. The van der Waals surface area contributed by atoms with Gasteiger partial charge in [-0.25, -0.2) is 0 Å². The Labute approximate surface area is 68.5 Å². The first kappa shape index (κ1) is 12.8. The lowest BCUT2D eigenvalue weighted by Gasteiger charge is -1.95. The normalized spacial score (nSPS) is 9.55. The zero-order chi connectivity index (χ0) is 9.11. The molecule has 0 saturated carbocycles. The van der Waals surface area contributed by atoms with E-state index in [2.05, 4.69) is 13.2 Å². The van der Waals surface area contributed by atoms with Gasteiger partial charge in [0.05, 0.1) is 6.61 Å². The van der Waals surface area contributed by atoms with Crippen LogP contribution in [0.1, 0.15) is 0 Å². The Morgan fingerprint density at radius 2 is 2.00 bits per heavy atom. The lowest BCUT2D eigenvalue weighted by molar-refractivity contribution is 0.228. The third-order valence-corrected chi connectivity index (χ3v) is 0.905. The molecule has 0 aliphatic carbocycles. The predicted molar refractivity (Wildman–Crippen MR) is 48.5 cm³/mol. The van der Waals surface area contributed by atoms with E-state index in [4.69, 9.17) is 9.84 Å². The van der Waals surface area contributed by atoms with Crippen molar-refractivity contribution in [3.05, 3.63) is 37.0 Å². The van der Waals surface area contributed by atoms with Crippen molar-refractivity contribution in [2.75, 3.05) is 20.8 Å². The summed E-state index contributed by atoms with van der Waals surface area (Å²) < 4.78 is 4.86. The van der Waals surface area contributed by atoms with E-state index in [-0.39, 0.29) is 0 Å². The van der Waals surface area contributed by atoms with Crippen molar-refractivity contribution >= 4 is 0 Å². The van der Waals surface area contributed by atoms with E-state index in [0.29, 0.717) is 6.61 Å². The minimum atomic E-state index is 0.607. The zero-order valence-corrected chi connectivity index (χ0v) is 7.21. The second-order valence-corrected chi connectivity index (χ2v) is 1.61. The number of hydrogen-bond acceptors (Lipinski definition) is 2. The summed E-state index contributed by atoms with van der Waals surface area (Å²) in [7, 11) is 2.65.